The van der Waals surface area contributed by atoms with Gasteiger partial charge in [0.1, 0.15) is 0 Å². The molecule has 1 atom stereocenters. The molecule has 0 heterocycles. The minimum atomic E-state index is -1.70. The summed E-state index contributed by atoms with van der Waals surface area (Å²) in [5.41, 5.74) is 0.974. The molecule has 0 bridgehead atoms. The van der Waals surface area contributed by atoms with E-state index in [9.17, 15) is 0 Å². The minimum absolute atomic E-state index is 0.235. The Bertz CT molecular complexity index is 251. The first kappa shape index (κ1) is 11.2. The maximum absolute atomic E-state index is 8.74. The molecule has 1 unspecified atom stereocenters. The van der Waals surface area contributed by atoms with Crippen LogP contribution in [-0.2, 0) is 4.65 Å². The highest BCUT2D eigenvalue weighted by Crippen LogP contribution is 2.22. The van der Waals surface area contributed by atoms with Crippen LogP contribution >= 0.6 is 0 Å². The van der Waals surface area contributed by atoms with Crippen LogP contribution in [0.15, 0.2) is 30.3 Å². The van der Waals surface area contributed by atoms with Gasteiger partial charge >= 0.3 is 7.32 Å². The summed E-state index contributed by atoms with van der Waals surface area (Å²) in [6, 6.07) is 9.57. The fourth-order valence-electron chi connectivity index (χ4n) is 1.39. The normalized spacial score (nSPS) is 12.5. The van der Waals surface area contributed by atoms with Crippen LogP contribution in [0.1, 0.15) is 31.4 Å². The second kappa shape index (κ2) is 5.80. The van der Waals surface area contributed by atoms with E-state index >= 15 is 0 Å². The summed E-state index contributed by atoms with van der Waals surface area (Å²) in [5.74, 6) is 0. The molecule has 0 aliphatic rings. The second-order valence-corrected chi connectivity index (χ2v) is 3.15. The first-order valence-corrected chi connectivity index (χ1v) is 4.80. The molecule has 0 aliphatic carbocycles. The van der Waals surface area contributed by atoms with E-state index in [1.54, 1.807) is 0 Å². The summed E-state index contributed by atoms with van der Waals surface area (Å²) >= 11 is 0. The van der Waals surface area contributed by atoms with Gasteiger partial charge in [0.15, 0.2) is 0 Å². The highest BCUT2D eigenvalue weighted by Gasteiger charge is 2.18. The maximum atomic E-state index is 8.74. The molecule has 2 N–H and O–H groups in total. The molecule has 0 radical (unpaired) electrons. The van der Waals surface area contributed by atoms with Gasteiger partial charge in [0.05, 0.1) is 6.10 Å². The predicted octanol–water partition coefficient (Wildman–Crippen LogP) is 1.51. The quantitative estimate of drug-likeness (QED) is 0.698. The predicted molar refractivity (Wildman–Crippen MR) is 55.4 cm³/mol. The zero-order valence-electron chi connectivity index (χ0n) is 8.26. The third-order valence-corrected chi connectivity index (χ3v) is 2.01. The van der Waals surface area contributed by atoms with Crippen molar-refractivity contribution in [1.82, 2.24) is 0 Å². The van der Waals surface area contributed by atoms with Gasteiger partial charge in [-0.2, -0.15) is 0 Å². The highest BCUT2D eigenvalue weighted by atomic mass is 16.6. The average Bonchev–Trinajstić information content (AvgIpc) is 2.18. The van der Waals surface area contributed by atoms with Crippen molar-refractivity contribution in [2.24, 2.45) is 0 Å². The van der Waals surface area contributed by atoms with Crippen LogP contribution in [0.3, 0.4) is 0 Å². The van der Waals surface area contributed by atoms with Crippen molar-refractivity contribution in [1.29, 1.82) is 0 Å². The summed E-state index contributed by atoms with van der Waals surface area (Å²) in [5, 5.41) is 17.5. The lowest BCUT2D eigenvalue weighted by atomic mass is 10.0. The van der Waals surface area contributed by atoms with Crippen molar-refractivity contribution in [3.8, 4) is 0 Å². The molecule has 0 saturated heterocycles. The molecule has 1 aromatic carbocycles. The Kier molecular flexibility index (Phi) is 4.66. The molecule has 0 aliphatic heterocycles. The van der Waals surface area contributed by atoms with E-state index in [4.69, 9.17) is 14.7 Å². The number of benzene rings is 1. The first-order valence-electron chi connectivity index (χ1n) is 4.80. The SMILES string of the molecule is CCCC(OB(O)O)c1ccccc1. The summed E-state index contributed by atoms with van der Waals surface area (Å²) < 4.78 is 4.99. The fourth-order valence-corrected chi connectivity index (χ4v) is 1.39. The highest BCUT2D eigenvalue weighted by molar-refractivity contribution is 6.32. The van der Waals surface area contributed by atoms with E-state index in [0.717, 1.165) is 18.4 Å². The Morgan fingerprint density at radius 3 is 2.43 bits per heavy atom. The fraction of sp³-hybridized carbons (Fsp3) is 0.400. The van der Waals surface area contributed by atoms with Gasteiger partial charge in [0.2, 0.25) is 0 Å². The van der Waals surface area contributed by atoms with E-state index in [1.165, 1.54) is 0 Å². The topological polar surface area (TPSA) is 49.7 Å². The Morgan fingerprint density at radius 2 is 1.93 bits per heavy atom. The Hall–Kier alpha value is -0.835. The van der Waals surface area contributed by atoms with Crippen molar-refractivity contribution in [2.45, 2.75) is 25.9 Å². The molecule has 0 saturated carbocycles. The van der Waals surface area contributed by atoms with Gasteiger partial charge < -0.3 is 14.7 Å². The van der Waals surface area contributed by atoms with E-state index in [2.05, 4.69) is 0 Å². The number of hydrogen-bond acceptors (Lipinski definition) is 3. The van der Waals surface area contributed by atoms with Gasteiger partial charge in [0, 0.05) is 0 Å². The Balaban J connectivity index is 2.67. The molecule has 76 valence electrons. The number of hydrogen-bond donors (Lipinski definition) is 2. The average molecular weight is 194 g/mol. The zero-order valence-corrected chi connectivity index (χ0v) is 8.26. The van der Waals surface area contributed by atoms with Crippen LogP contribution in [-0.4, -0.2) is 17.4 Å². The molecule has 14 heavy (non-hydrogen) atoms. The van der Waals surface area contributed by atoms with E-state index < -0.39 is 7.32 Å². The van der Waals surface area contributed by atoms with Crippen molar-refractivity contribution >= 4 is 7.32 Å². The zero-order chi connectivity index (χ0) is 10.4. The summed E-state index contributed by atoms with van der Waals surface area (Å²) in [4.78, 5) is 0. The smallest absolute Gasteiger partial charge is 0.402 e. The third-order valence-electron chi connectivity index (χ3n) is 2.01. The Labute approximate surface area is 84.5 Å². The lowest BCUT2D eigenvalue weighted by molar-refractivity contribution is 0.111. The van der Waals surface area contributed by atoms with Gasteiger partial charge in [-0.3, -0.25) is 0 Å². The van der Waals surface area contributed by atoms with Crippen LogP contribution in [0.25, 0.3) is 0 Å². The summed E-state index contributed by atoms with van der Waals surface area (Å²) in [6.07, 6.45) is 1.48. The molecule has 0 spiro atoms. The molecule has 4 heteroatoms. The first-order chi connectivity index (χ1) is 6.74. The third kappa shape index (κ3) is 3.50. The van der Waals surface area contributed by atoms with Gasteiger partial charge in [-0.1, -0.05) is 43.7 Å². The summed E-state index contributed by atoms with van der Waals surface area (Å²) in [7, 11) is -1.70. The standard InChI is InChI=1S/C10H15BO3/c1-2-6-10(14-11(12)13)9-7-4-3-5-8-9/h3-5,7-8,10,12-13H,2,6H2,1H3. The minimum Gasteiger partial charge on any atom is -0.402 e. The van der Waals surface area contributed by atoms with Crippen molar-refractivity contribution < 1.29 is 14.7 Å². The van der Waals surface area contributed by atoms with E-state index in [-0.39, 0.29) is 6.10 Å². The van der Waals surface area contributed by atoms with Crippen molar-refractivity contribution in [2.75, 3.05) is 0 Å². The van der Waals surface area contributed by atoms with E-state index in [1.807, 2.05) is 37.3 Å². The molecule has 1 rings (SSSR count). The number of rotatable bonds is 5. The Morgan fingerprint density at radius 1 is 1.29 bits per heavy atom. The lowest BCUT2D eigenvalue weighted by Gasteiger charge is -2.17. The maximum Gasteiger partial charge on any atom is 0.634 e. The van der Waals surface area contributed by atoms with Crippen LogP contribution in [0, 0.1) is 0 Å². The van der Waals surface area contributed by atoms with Gasteiger partial charge in [-0.15, -0.1) is 0 Å². The molecule has 0 amide bonds. The monoisotopic (exact) mass is 194 g/mol. The van der Waals surface area contributed by atoms with Gasteiger partial charge in [-0.25, -0.2) is 0 Å². The van der Waals surface area contributed by atoms with Crippen molar-refractivity contribution in [3.63, 3.8) is 0 Å². The van der Waals surface area contributed by atoms with E-state index in [0.29, 0.717) is 0 Å². The molecule has 3 nitrogen and oxygen atoms in total. The molecule has 0 aromatic heterocycles. The molecule has 0 fully saturated rings. The molecular weight excluding hydrogens is 179 g/mol. The van der Waals surface area contributed by atoms with Crippen LogP contribution in [0.4, 0.5) is 0 Å². The summed E-state index contributed by atoms with van der Waals surface area (Å²) in [6.45, 7) is 2.03. The van der Waals surface area contributed by atoms with Crippen LogP contribution in [0.5, 0.6) is 0 Å². The van der Waals surface area contributed by atoms with Gasteiger partial charge in [-0.05, 0) is 12.0 Å². The molecule has 1 aromatic rings. The van der Waals surface area contributed by atoms with Crippen LogP contribution < -0.4 is 0 Å². The lowest BCUT2D eigenvalue weighted by Crippen LogP contribution is -2.20. The van der Waals surface area contributed by atoms with Crippen molar-refractivity contribution in [3.05, 3.63) is 35.9 Å². The van der Waals surface area contributed by atoms with Crippen LogP contribution in [0.2, 0.25) is 0 Å². The largest absolute Gasteiger partial charge is 0.634 e. The molecular formula is C10H15BO3. The van der Waals surface area contributed by atoms with Gasteiger partial charge in [0.25, 0.3) is 0 Å². The second-order valence-electron chi connectivity index (χ2n) is 3.15.